The number of nitrogens with zero attached hydrogens (tertiary/aromatic N) is 1. The van der Waals surface area contributed by atoms with Crippen LogP contribution in [0.1, 0.15) is 44.2 Å². The van der Waals surface area contributed by atoms with Gasteiger partial charge in [0.2, 0.25) is 5.91 Å². The molecule has 5 heteroatoms. The normalized spacial score (nSPS) is 24.0. The Morgan fingerprint density at radius 2 is 2.04 bits per heavy atom. The van der Waals surface area contributed by atoms with E-state index >= 15 is 0 Å². The zero-order valence-corrected chi connectivity index (χ0v) is 14.3. The molecule has 0 aromatic heterocycles. The van der Waals surface area contributed by atoms with Crippen molar-refractivity contribution in [2.75, 3.05) is 26.2 Å². The fraction of sp³-hybridized carbons (Fsp3) is 0.632. The van der Waals surface area contributed by atoms with Crippen molar-refractivity contribution in [1.82, 2.24) is 10.2 Å². The van der Waals surface area contributed by atoms with Crippen LogP contribution >= 0.6 is 0 Å². The maximum Gasteiger partial charge on any atom is 0.234 e. The second-order valence-electron chi connectivity index (χ2n) is 7.06. The second-order valence-corrected chi connectivity index (χ2v) is 7.06. The van der Waals surface area contributed by atoms with Crippen LogP contribution in [-0.4, -0.2) is 43.2 Å². The van der Waals surface area contributed by atoms with E-state index < -0.39 is 0 Å². The van der Waals surface area contributed by atoms with Crippen molar-refractivity contribution in [1.29, 1.82) is 0 Å². The van der Waals surface area contributed by atoms with Crippen LogP contribution in [0.25, 0.3) is 0 Å². The van der Waals surface area contributed by atoms with E-state index in [2.05, 4.69) is 10.2 Å². The first-order chi connectivity index (χ1) is 11.6. The summed E-state index contributed by atoms with van der Waals surface area (Å²) in [6.07, 6.45) is 4.83. The van der Waals surface area contributed by atoms with Crippen LogP contribution in [0.5, 0.6) is 0 Å². The minimum atomic E-state index is -0.238. The molecule has 2 unspecified atom stereocenters. The van der Waals surface area contributed by atoms with Gasteiger partial charge in [0.25, 0.3) is 0 Å². The van der Waals surface area contributed by atoms with Crippen LogP contribution in [0.2, 0.25) is 0 Å². The number of morpholine rings is 1. The van der Waals surface area contributed by atoms with Gasteiger partial charge in [0.15, 0.2) is 0 Å². The molecule has 1 N–H and O–H groups in total. The Hall–Kier alpha value is -1.46. The number of carbonyl (C=O) groups is 1. The lowest BCUT2D eigenvalue weighted by Crippen LogP contribution is -2.47. The van der Waals surface area contributed by atoms with Crippen LogP contribution in [0.3, 0.4) is 0 Å². The molecule has 1 aromatic rings. The lowest BCUT2D eigenvalue weighted by atomic mass is 9.91. The molecule has 1 saturated heterocycles. The number of ether oxygens (including phenoxy) is 1. The molecule has 2 fully saturated rings. The van der Waals surface area contributed by atoms with Crippen molar-refractivity contribution in [3.05, 3.63) is 35.6 Å². The lowest BCUT2D eigenvalue weighted by Gasteiger charge is -2.32. The van der Waals surface area contributed by atoms with Gasteiger partial charge in [-0.05, 0) is 43.4 Å². The smallest absolute Gasteiger partial charge is 0.234 e. The Bertz CT molecular complexity index is 543. The number of hydrogen-bond donors (Lipinski definition) is 1. The highest BCUT2D eigenvalue weighted by molar-refractivity contribution is 5.78. The quantitative estimate of drug-likeness (QED) is 0.900. The molecule has 1 aliphatic heterocycles. The molecule has 1 amide bonds. The van der Waals surface area contributed by atoms with E-state index in [9.17, 15) is 9.18 Å². The van der Waals surface area contributed by atoms with Gasteiger partial charge in [0.05, 0.1) is 25.3 Å². The first-order valence-electron chi connectivity index (χ1n) is 9.00. The van der Waals surface area contributed by atoms with E-state index in [-0.39, 0.29) is 23.9 Å². The van der Waals surface area contributed by atoms with Crippen LogP contribution in [0.4, 0.5) is 4.39 Å². The van der Waals surface area contributed by atoms with Gasteiger partial charge in [-0.2, -0.15) is 0 Å². The first-order valence-corrected chi connectivity index (χ1v) is 9.00. The third-order valence-corrected chi connectivity index (χ3v) is 5.11. The Morgan fingerprint density at radius 1 is 1.33 bits per heavy atom. The minimum absolute atomic E-state index is 0.0148. The monoisotopic (exact) mass is 334 g/mol. The minimum Gasteiger partial charge on any atom is -0.376 e. The molecule has 132 valence electrons. The zero-order valence-electron chi connectivity index (χ0n) is 14.3. The summed E-state index contributed by atoms with van der Waals surface area (Å²) in [4.78, 5) is 14.7. The van der Waals surface area contributed by atoms with Crippen molar-refractivity contribution in [2.45, 2.75) is 44.8 Å². The molecule has 2 aliphatic rings. The zero-order chi connectivity index (χ0) is 16.9. The Labute approximate surface area is 143 Å². The van der Waals surface area contributed by atoms with E-state index in [0.29, 0.717) is 19.1 Å². The predicted molar refractivity (Wildman–Crippen MR) is 91.1 cm³/mol. The van der Waals surface area contributed by atoms with Crippen molar-refractivity contribution < 1.29 is 13.9 Å². The van der Waals surface area contributed by atoms with Crippen molar-refractivity contribution in [3.63, 3.8) is 0 Å². The molecule has 0 radical (unpaired) electrons. The fourth-order valence-electron chi connectivity index (χ4n) is 3.89. The van der Waals surface area contributed by atoms with Gasteiger partial charge in [0, 0.05) is 13.1 Å². The number of benzene rings is 1. The summed E-state index contributed by atoms with van der Waals surface area (Å²) in [6.45, 7) is 4.70. The fourth-order valence-corrected chi connectivity index (χ4v) is 3.89. The maximum absolute atomic E-state index is 13.2. The number of rotatable bonds is 5. The topological polar surface area (TPSA) is 41.6 Å². The standard InChI is InChI=1S/C19H27FN2O2/c1-14-12-22(10-11-24-14)13-18(23)21-19(15-4-2-3-5-15)16-6-8-17(20)9-7-16/h6-9,14-15,19H,2-5,10-13H2,1H3,(H,21,23). The van der Waals surface area contributed by atoms with Gasteiger partial charge in [-0.25, -0.2) is 4.39 Å². The molecule has 1 aliphatic carbocycles. The molecular formula is C19H27FN2O2. The lowest BCUT2D eigenvalue weighted by molar-refractivity contribution is -0.125. The second kappa shape index (κ2) is 8.08. The van der Waals surface area contributed by atoms with E-state index in [1.165, 1.54) is 25.0 Å². The van der Waals surface area contributed by atoms with Gasteiger partial charge in [-0.15, -0.1) is 0 Å². The summed E-state index contributed by atoms with van der Waals surface area (Å²) in [5, 5.41) is 3.21. The maximum atomic E-state index is 13.2. The highest BCUT2D eigenvalue weighted by Crippen LogP contribution is 2.35. The van der Waals surface area contributed by atoms with Gasteiger partial charge >= 0.3 is 0 Å². The third kappa shape index (κ3) is 4.54. The Morgan fingerprint density at radius 3 is 2.71 bits per heavy atom. The molecular weight excluding hydrogens is 307 g/mol. The van der Waals surface area contributed by atoms with Gasteiger partial charge in [0.1, 0.15) is 5.82 Å². The summed E-state index contributed by atoms with van der Waals surface area (Å²) in [7, 11) is 0. The summed E-state index contributed by atoms with van der Waals surface area (Å²) in [5.41, 5.74) is 1.01. The van der Waals surface area contributed by atoms with Crippen LogP contribution < -0.4 is 5.32 Å². The predicted octanol–water partition coefficient (Wildman–Crippen LogP) is 2.89. The highest BCUT2D eigenvalue weighted by Gasteiger charge is 2.28. The van der Waals surface area contributed by atoms with E-state index in [4.69, 9.17) is 4.74 Å². The Balaban J connectivity index is 1.64. The molecule has 4 nitrogen and oxygen atoms in total. The van der Waals surface area contributed by atoms with E-state index in [0.717, 1.165) is 31.5 Å². The van der Waals surface area contributed by atoms with Crippen LogP contribution in [0, 0.1) is 11.7 Å². The largest absolute Gasteiger partial charge is 0.376 e. The van der Waals surface area contributed by atoms with Crippen LogP contribution in [0.15, 0.2) is 24.3 Å². The van der Waals surface area contributed by atoms with Gasteiger partial charge in [-0.3, -0.25) is 9.69 Å². The number of carbonyl (C=O) groups excluding carboxylic acids is 1. The SMILES string of the molecule is CC1CN(CC(=O)NC(c2ccc(F)cc2)C2CCCC2)CCO1. The summed E-state index contributed by atoms with van der Waals surface area (Å²) >= 11 is 0. The number of hydrogen-bond acceptors (Lipinski definition) is 3. The number of amides is 1. The first kappa shape index (κ1) is 17.4. The average Bonchev–Trinajstić information content (AvgIpc) is 3.08. The van der Waals surface area contributed by atoms with Crippen molar-refractivity contribution in [2.24, 2.45) is 5.92 Å². The molecule has 24 heavy (non-hydrogen) atoms. The van der Waals surface area contributed by atoms with Crippen molar-refractivity contribution in [3.8, 4) is 0 Å². The molecule has 1 heterocycles. The number of halogens is 1. The van der Waals surface area contributed by atoms with E-state index in [1.54, 1.807) is 12.1 Å². The summed E-state index contributed by atoms with van der Waals surface area (Å²) < 4.78 is 18.8. The summed E-state index contributed by atoms with van der Waals surface area (Å²) in [5.74, 6) is 0.255. The Kier molecular flexibility index (Phi) is 5.85. The third-order valence-electron chi connectivity index (χ3n) is 5.11. The van der Waals surface area contributed by atoms with E-state index in [1.807, 2.05) is 6.92 Å². The average molecular weight is 334 g/mol. The molecule has 3 rings (SSSR count). The number of nitrogens with one attached hydrogen (secondary N) is 1. The summed E-state index contributed by atoms with van der Waals surface area (Å²) in [6, 6.07) is 6.55. The van der Waals surface area contributed by atoms with Gasteiger partial charge in [-0.1, -0.05) is 25.0 Å². The molecule has 0 spiro atoms. The molecule has 0 bridgehead atoms. The molecule has 1 aromatic carbocycles. The van der Waals surface area contributed by atoms with Crippen molar-refractivity contribution >= 4 is 5.91 Å². The highest BCUT2D eigenvalue weighted by atomic mass is 19.1. The molecule has 1 saturated carbocycles. The molecule has 2 atom stereocenters. The van der Waals surface area contributed by atoms with Gasteiger partial charge < -0.3 is 10.1 Å². The van der Waals surface area contributed by atoms with Crippen LogP contribution in [-0.2, 0) is 9.53 Å².